The molecule has 148 valence electrons. The fourth-order valence-corrected chi connectivity index (χ4v) is 1.33. The molecule has 0 saturated heterocycles. The zero-order chi connectivity index (χ0) is 20.5. The number of nitrogens with one attached hydrogen (secondary N) is 2. The van der Waals surface area contributed by atoms with Crippen molar-refractivity contribution in [2.24, 2.45) is 0 Å². The molecule has 25 heavy (non-hydrogen) atoms. The summed E-state index contributed by atoms with van der Waals surface area (Å²) in [5.74, 6) is -23.9. The Bertz CT molecular complexity index is 479. The molecule has 12 heteroatoms. The highest BCUT2D eigenvalue weighted by atomic mass is 19.3. The maximum Gasteiger partial charge on any atom is 0.393 e. The molecule has 0 heterocycles. The van der Waals surface area contributed by atoms with Gasteiger partial charge in [-0.1, -0.05) is 0 Å². The molecule has 0 fully saturated rings. The third-order valence-corrected chi connectivity index (χ3v) is 3.05. The number of halogens is 6. The van der Waals surface area contributed by atoms with E-state index < -0.39 is 53.9 Å². The summed E-state index contributed by atoms with van der Waals surface area (Å²) in [6, 6.07) is 0. The molecule has 0 bridgehead atoms. The number of aliphatic hydroxyl groups excluding tert-OH is 2. The number of rotatable bonds is 8. The summed E-state index contributed by atoms with van der Waals surface area (Å²) in [6.45, 7) is 2.03. The molecule has 0 aromatic heterocycles. The van der Waals surface area contributed by atoms with Crippen LogP contribution in [0.3, 0.4) is 0 Å². The first-order valence-corrected chi connectivity index (χ1v) is 6.88. The van der Waals surface area contributed by atoms with Crippen molar-refractivity contribution in [2.45, 2.75) is 56.5 Å². The van der Waals surface area contributed by atoms with Gasteiger partial charge in [0, 0.05) is 0 Å². The van der Waals surface area contributed by atoms with Crippen molar-refractivity contribution in [1.82, 2.24) is 10.6 Å². The van der Waals surface area contributed by atoms with Crippen LogP contribution in [0.4, 0.5) is 26.3 Å². The number of carbonyl (C=O) groups is 2. The Morgan fingerprint density at radius 1 is 0.720 bits per heavy atom. The third-order valence-electron chi connectivity index (χ3n) is 3.05. The largest absolute Gasteiger partial charge is 0.394 e. The molecule has 4 N–H and O–H groups in total. The van der Waals surface area contributed by atoms with Gasteiger partial charge in [0.2, 0.25) is 0 Å². The van der Waals surface area contributed by atoms with Crippen LogP contribution in [0.25, 0.3) is 0 Å². The highest BCUT2D eigenvalue weighted by molar-refractivity contribution is 5.90. The lowest BCUT2D eigenvalue weighted by Gasteiger charge is -2.34. The molecule has 2 amide bonds. The second-order valence-electron chi connectivity index (χ2n) is 6.72. The molecule has 0 saturated carbocycles. The molecule has 0 aromatic rings. The molecule has 0 unspecified atom stereocenters. The maximum atomic E-state index is 13.7. The Labute approximate surface area is 139 Å². The summed E-state index contributed by atoms with van der Waals surface area (Å²) in [4.78, 5) is 22.7. The van der Waals surface area contributed by atoms with Crippen molar-refractivity contribution in [3.8, 4) is 0 Å². The van der Waals surface area contributed by atoms with Gasteiger partial charge in [-0.15, -0.1) is 0 Å². The van der Waals surface area contributed by atoms with Crippen LogP contribution >= 0.6 is 0 Å². The van der Waals surface area contributed by atoms with E-state index in [1.807, 2.05) is 0 Å². The van der Waals surface area contributed by atoms with E-state index in [4.69, 9.17) is 10.2 Å². The van der Waals surface area contributed by atoms with Gasteiger partial charge in [0.05, 0.1) is 24.3 Å². The SMILES string of the molecule is CC(C)(CO)NC(=O)C(F)(F)C(F)(F)C(F)(F)C(=O)NC(C)(C)CO. The van der Waals surface area contributed by atoms with E-state index in [0.29, 0.717) is 0 Å². The average molecular weight is 382 g/mol. The summed E-state index contributed by atoms with van der Waals surface area (Å²) in [5, 5.41) is 20.3. The normalized spacial score (nSPS) is 14.2. The Morgan fingerprint density at radius 2 is 0.960 bits per heavy atom. The Hall–Kier alpha value is -1.56. The molecule has 0 spiro atoms. The summed E-state index contributed by atoms with van der Waals surface area (Å²) in [7, 11) is 0. The van der Waals surface area contributed by atoms with E-state index in [1.165, 1.54) is 10.6 Å². The zero-order valence-corrected chi connectivity index (χ0v) is 13.9. The molecule has 0 aliphatic heterocycles. The summed E-state index contributed by atoms with van der Waals surface area (Å²) >= 11 is 0. The molecule has 0 radical (unpaired) electrons. The minimum absolute atomic E-state index is 0.943. The molecule has 0 aromatic carbocycles. The van der Waals surface area contributed by atoms with Crippen LogP contribution in [0.15, 0.2) is 0 Å². The van der Waals surface area contributed by atoms with Crippen LogP contribution in [-0.2, 0) is 9.59 Å². The number of hydrogen-bond donors (Lipinski definition) is 4. The lowest BCUT2D eigenvalue weighted by Crippen LogP contribution is -2.68. The smallest absolute Gasteiger partial charge is 0.393 e. The molecule has 0 rings (SSSR count). The predicted octanol–water partition coefficient (Wildman–Crippen LogP) is 0.666. The van der Waals surface area contributed by atoms with Crippen molar-refractivity contribution in [2.75, 3.05) is 13.2 Å². The minimum atomic E-state index is -6.38. The van der Waals surface area contributed by atoms with Crippen molar-refractivity contribution in [1.29, 1.82) is 0 Å². The fourth-order valence-electron chi connectivity index (χ4n) is 1.33. The minimum Gasteiger partial charge on any atom is -0.394 e. The average Bonchev–Trinajstić information content (AvgIpc) is 2.45. The van der Waals surface area contributed by atoms with E-state index in [0.717, 1.165) is 27.7 Å². The van der Waals surface area contributed by atoms with Gasteiger partial charge in [-0.3, -0.25) is 9.59 Å². The lowest BCUT2D eigenvalue weighted by atomic mass is 9.99. The number of aliphatic hydroxyl groups is 2. The fraction of sp³-hybridized carbons (Fsp3) is 0.846. The van der Waals surface area contributed by atoms with Crippen LogP contribution in [0.5, 0.6) is 0 Å². The van der Waals surface area contributed by atoms with Gasteiger partial charge in [0.25, 0.3) is 11.8 Å². The quantitative estimate of drug-likeness (QED) is 0.464. The van der Waals surface area contributed by atoms with E-state index >= 15 is 0 Å². The van der Waals surface area contributed by atoms with E-state index in [2.05, 4.69) is 0 Å². The Kier molecular flexibility index (Phi) is 6.55. The van der Waals surface area contributed by atoms with Crippen molar-refractivity contribution in [3.05, 3.63) is 0 Å². The summed E-state index contributed by atoms with van der Waals surface area (Å²) in [5.41, 5.74) is -3.60. The highest BCUT2D eigenvalue weighted by Gasteiger charge is 2.78. The van der Waals surface area contributed by atoms with Crippen LogP contribution in [0, 0.1) is 0 Å². The Balaban J connectivity index is 5.69. The molecular weight excluding hydrogens is 362 g/mol. The molecule has 6 nitrogen and oxygen atoms in total. The molecular formula is C13H20F6N2O4. The second kappa shape index (κ2) is 6.98. The van der Waals surface area contributed by atoms with Crippen molar-refractivity contribution >= 4 is 11.8 Å². The van der Waals surface area contributed by atoms with E-state index in [-0.39, 0.29) is 0 Å². The van der Waals surface area contributed by atoms with Gasteiger partial charge in [0.15, 0.2) is 0 Å². The summed E-state index contributed by atoms with van der Waals surface area (Å²) < 4.78 is 82.1. The summed E-state index contributed by atoms with van der Waals surface area (Å²) in [6.07, 6.45) is 0. The van der Waals surface area contributed by atoms with Gasteiger partial charge >= 0.3 is 17.8 Å². The predicted molar refractivity (Wildman–Crippen MR) is 73.5 cm³/mol. The van der Waals surface area contributed by atoms with Gasteiger partial charge in [0.1, 0.15) is 0 Å². The van der Waals surface area contributed by atoms with Crippen LogP contribution in [-0.4, -0.2) is 64.1 Å². The third kappa shape index (κ3) is 4.75. The van der Waals surface area contributed by atoms with Gasteiger partial charge in [-0.05, 0) is 27.7 Å². The number of alkyl halides is 6. The molecule has 0 aliphatic carbocycles. The van der Waals surface area contributed by atoms with Gasteiger partial charge in [-0.2, -0.15) is 26.3 Å². The van der Waals surface area contributed by atoms with E-state index in [9.17, 15) is 35.9 Å². The number of carbonyl (C=O) groups excluding carboxylic acids is 2. The van der Waals surface area contributed by atoms with Gasteiger partial charge < -0.3 is 20.8 Å². The van der Waals surface area contributed by atoms with Crippen LogP contribution < -0.4 is 10.6 Å². The number of hydrogen-bond acceptors (Lipinski definition) is 4. The van der Waals surface area contributed by atoms with Gasteiger partial charge in [-0.25, -0.2) is 0 Å². The lowest BCUT2D eigenvalue weighted by molar-refractivity contribution is -0.288. The first-order chi connectivity index (χ1) is 10.9. The zero-order valence-electron chi connectivity index (χ0n) is 13.9. The van der Waals surface area contributed by atoms with Crippen LogP contribution in [0.1, 0.15) is 27.7 Å². The molecule has 0 atom stereocenters. The van der Waals surface area contributed by atoms with Crippen LogP contribution in [0.2, 0.25) is 0 Å². The van der Waals surface area contributed by atoms with Crippen molar-refractivity contribution in [3.63, 3.8) is 0 Å². The first kappa shape index (κ1) is 23.4. The number of amides is 2. The van der Waals surface area contributed by atoms with E-state index in [1.54, 1.807) is 0 Å². The second-order valence-corrected chi connectivity index (χ2v) is 6.72. The first-order valence-electron chi connectivity index (χ1n) is 6.88. The standard InChI is InChI=1S/C13H20F6N2O4/c1-9(2,5-22)20-7(24)11(14,15)13(18,19)12(16,17)8(25)21-10(3,4)6-23/h22-23H,5-6H2,1-4H3,(H,20,24)(H,21,25). The highest BCUT2D eigenvalue weighted by Crippen LogP contribution is 2.46. The maximum absolute atomic E-state index is 13.7. The molecule has 0 aliphatic rings. The topological polar surface area (TPSA) is 98.7 Å². The monoisotopic (exact) mass is 382 g/mol. The Morgan fingerprint density at radius 3 is 1.16 bits per heavy atom. The van der Waals surface area contributed by atoms with Crippen molar-refractivity contribution < 1.29 is 46.1 Å².